The zero-order chi connectivity index (χ0) is 13.8. The smallest absolute Gasteiger partial charge is 0.153 e. The summed E-state index contributed by atoms with van der Waals surface area (Å²) < 4.78 is 5.15. The Labute approximate surface area is 108 Å². The van der Waals surface area contributed by atoms with E-state index in [-0.39, 0.29) is 5.69 Å². The molecule has 0 aromatic carbocycles. The van der Waals surface area contributed by atoms with Crippen molar-refractivity contribution in [3.63, 3.8) is 0 Å². The van der Waals surface area contributed by atoms with Crippen LogP contribution in [0.2, 0.25) is 0 Å². The van der Waals surface area contributed by atoms with Crippen molar-refractivity contribution in [1.82, 2.24) is 9.97 Å². The Bertz CT molecular complexity index is 517. The molecule has 2 heterocycles. The summed E-state index contributed by atoms with van der Waals surface area (Å²) in [6.45, 7) is -0.663. The maximum Gasteiger partial charge on any atom is 0.153 e. The molecule has 0 aliphatic heterocycles. The van der Waals surface area contributed by atoms with Gasteiger partial charge in [-0.2, -0.15) is 0 Å². The van der Waals surface area contributed by atoms with E-state index < -0.39 is 24.9 Å². The van der Waals surface area contributed by atoms with Gasteiger partial charge in [0.25, 0.3) is 0 Å². The van der Waals surface area contributed by atoms with Crippen LogP contribution in [0, 0.1) is 0 Å². The van der Waals surface area contributed by atoms with Crippen LogP contribution in [-0.2, 0) is 0 Å². The standard InChI is InChI=1S/C12H14N2O5/c15-6-9(16)12(18)11(17)8-5-13-4-7(14-8)10-2-1-3-19-10/h1-5,9,11-12,15-18H,6H2. The fourth-order valence-electron chi connectivity index (χ4n) is 1.56. The third-order valence-corrected chi connectivity index (χ3v) is 2.63. The molecule has 2 aromatic heterocycles. The van der Waals surface area contributed by atoms with E-state index in [2.05, 4.69) is 9.97 Å². The second-order valence-corrected chi connectivity index (χ2v) is 3.99. The van der Waals surface area contributed by atoms with Crippen LogP contribution >= 0.6 is 0 Å². The van der Waals surface area contributed by atoms with Gasteiger partial charge in [-0.25, -0.2) is 4.98 Å². The molecule has 0 aliphatic carbocycles. The van der Waals surface area contributed by atoms with Gasteiger partial charge in [0.1, 0.15) is 24.0 Å². The lowest BCUT2D eigenvalue weighted by molar-refractivity contribution is -0.0790. The molecule has 0 fully saturated rings. The minimum Gasteiger partial charge on any atom is -0.463 e. The van der Waals surface area contributed by atoms with E-state index in [1.807, 2.05) is 0 Å². The Morgan fingerprint density at radius 3 is 2.63 bits per heavy atom. The molecule has 0 saturated heterocycles. The summed E-state index contributed by atoms with van der Waals surface area (Å²) in [5.41, 5.74) is 0.473. The van der Waals surface area contributed by atoms with E-state index in [1.54, 1.807) is 12.1 Å². The van der Waals surface area contributed by atoms with Crippen molar-refractivity contribution in [3.8, 4) is 11.5 Å². The Hall–Kier alpha value is -1.80. The first kappa shape index (κ1) is 13.6. The molecule has 0 spiro atoms. The summed E-state index contributed by atoms with van der Waals surface area (Å²) in [5.74, 6) is 0.471. The Balaban J connectivity index is 2.23. The highest BCUT2D eigenvalue weighted by Crippen LogP contribution is 2.21. The van der Waals surface area contributed by atoms with Gasteiger partial charge >= 0.3 is 0 Å². The number of nitrogens with zero attached hydrogens (tertiary/aromatic N) is 2. The number of hydrogen-bond acceptors (Lipinski definition) is 7. The molecule has 19 heavy (non-hydrogen) atoms. The minimum atomic E-state index is -1.55. The highest BCUT2D eigenvalue weighted by atomic mass is 16.4. The van der Waals surface area contributed by atoms with E-state index in [0.717, 1.165) is 0 Å². The zero-order valence-electron chi connectivity index (χ0n) is 9.92. The number of aliphatic hydroxyl groups is 4. The molecule has 7 heteroatoms. The minimum absolute atomic E-state index is 0.0777. The Kier molecular flexibility index (Phi) is 4.23. The van der Waals surface area contributed by atoms with Gasteiger partial charge in [0, 0.05) is 0 Å². The molecule has 2 aromatic rings. The predicted molar refractivity (Wildman–Crippen MR) is 63.8 cm³/mol. The van der Waals surface area contributed by atoms with Crippen molar-refractivity contribution >= 4 is 0 Å². The van der Waals surface area contributed by atoms with Gasteiger partial charge in [0.15, 0.2) is 5.76 Å². The van der Waals surface area contributed by atoms with Crippen LogP contribution in [0.4, 0.5) is 0 Å². The number of furan rings is 1. The van der Waals surface area contributed by atoms with Crippen LogP contribution in [0.25, 0.3) is 11.5 Å². The SMILES string of the molecule is OCC(O)C(O)C(O)c1cncc(-c2ccco2)n1. The van der Waals surface area contributed by atoms with Crippen molar-refractivity contribution in [2.45, 2.75) is 18.3 Å². The van der Waals surface area contributed by atoms with E-state index in [9.17, 15) is 15.3 Å². The van der Waals surface area contributed by atoms with Gasteiger partial charge in [-0.3, -0.25) is 4.98 Å². The van der Waals surface area contributed by atoms with Crippen LogP contribution in [0.3, 0.4) is 0 Å². The molecule has 0 saturated carbocycles. The van der Waals surface area contributed by atoms with Crippen LogP contribution in [0.15, 0.2) is 35.2 Å². The molecular formula is C12H14N2O5. The van der Waals surface area contributed by atoms with Crippen LogP contribution in [-0.4, -0.2) is 49.2 Å². The lowest BCUT2D eigenvalue weighted by Gasteiger charge is -2.20. The summed E-state index contributed by atoms with van der Waals surface area (Å²) in [4.78, 5) is 7.99. The average Bonchev–Trinajstić information content (AvgIpc) is 2.99. The number of aromatic nitrogens is 2. The molecule has 7 nitrogen and oxygen atoms in total. The van der Waals surface area contributed by atoms with E-state index in [4.69, 9.17) is 9.52 Å². The van der Waals surface area contributed by atoms with Crippen LogP contribution in [0.1, 0.15) is 11.8 Å². The number of aliphatic hydroxyl groups excluding tert-OH is 4. The molecule has 0 radical (unpaired) electrons. The second kappa shape index (κ2) is 5.89. The van der Waals surface area contributed by atoms with Crippen LogP contribution < -0.4 is 0 Å². The third kappa shape index (κ3) is 2.96. The topological polar surface area (TPSA) is 120 Å². The molecule has 2 rings (SSSR count). The van der Waals surface area contributed by atoms with Gasteiger partial charge in [-0.05, 0) is 12.1 Å². The van der Waals surface area contributed by atoms with Crippen molar-refractivity contribution in [3.05, 3.63) is 36.5 Å². The monoisotopic (exact) mass is 266 g/mol. The summed E-state index contributed by atoms with van der Waals surface area (Å²) in [6.07, 6.45) is -0.265. The highest BCUT2D eigenvalue weighted by Gasteiger charge is 2.27. The van der Waals surface area contributed by atoms with Crippen LogP contribution in [0.5, 0.6) is 0 Å². The lowest BCUT2D eigenvalue weighted by Crippen LogP contribution is -2.35. The van der Waals surface area contributed by atoms with E-state index in [0.29, 0.717) is 11.5 Å². The highest BCUT2D eigenvalue weighted by molar-refractivity contribution is 5.50. The van der Waals surface area contributed by atoms with Gasteiger partial charge in [-0.15, -0.1) is 0 Å². The average molecular weight is 266 g/mol. The van der Waals surface area contributed by atoms with Gasteiger partial charge in [-0.1, -0.05) is 0 Å². The van der Waals surface area contributed by atoms with Gasteiger partial charge < -0.3 is 24.8 Å². The molecule has 3 atom stereocenters. The quantitative estimate of drug-likeness (QED) is 0.575. The molecular weight excluding hydrogens is 252 g/mol. The first-order chi connectivity index (χ1) is 9.13. The summed E-state index contributed by atoms with van der Waals surface area (Å²) in [6, 6.07) is 3.36. The van der Waals surface area contributed by atoms with Gasteiger partial charge in [0.05, 0.1) is 31.0 Å². The van der Waals surface area contributed by atoms with Gasteiger partial charge in [0.2, 0.25) is 0 Å². The lowest BCUT2D eigenvalue weighted by atomic mass is 10.1. The molecule has 0 aliphatic rings. The number of hydrogen-bond donors (Lipinski definition) is 4. The molecule has 3 unspecified atom stereocenters. The van der Waals surface area contributed by atoms with E-state index >= 15 is 0 Å². The Morgan fingerprint density at radius 1 is 1.21 bits per heavy atom. The second-order valence-electron chi connectivity index (χ2n) is 3.99. The molecule has 102 valence electrons. The maximum absolute atomic E-state index is 9.86. The third-order valence-electron chi connectivity index (χ3n) is 2.63. The van der Waals surface area contributed by atoms with Crippen molar-refractivity contribution in [2.75, 3.05) is 6.61 Å². The fourth-order valence-corrected chi connectivity index (χ4v) is 1.56. The van der Waals surface area contributed by atoms with E-state index in [1.165, 1.54) is 18.7 Å². The molecule has 0 bridgehead atoms. The Morgan fingerprint density at radius 2 is 2.00 bits per heavy atom. The molecule has 4 N–H and O–H groups in total. The maximum atomic E-state index is 9.86. The zero-order valence-corrected chi connectivity index (χ0v) is 9.92. The fraction of sp³-hybridized carbons (Fsp3) is 0.333. The van der Waals surface area contributed by atoms with Crippen molar-refractivity contribution in [1.29, 1.82) is 0 Å². The van der Waals surface area contributed by atoms with Crippen molar-refractivity contribution < 1.29 is 24.8 Å². The summed E-state index contributed by atoms with van der Waals surface area (Å²) >= 11 is 0. The summed E-state index contributed by atoms with van der Waals surface area (Å²) in [5, 5.41) is 37.5. The summed E-state index contributed by atoms with van der Waals surface area (Å²) in [7, 11) is 0. The predicted octanol–water partition coefficient (Wildman–Crippen LogP) is -0.516. The molecule has 0 amide bonds. The number of rotatable bonds is 5. The largest absolute Gasteiger partial charge is 0.463 e. The normalized spacial score (nSPS) is 16.0. The van der Waals surface area contributed by atoms with Crippen molar-refractivity contribution in [2.24, 2.45) is 0 Å². The first-order valence-corrected chi connectivity index (χ1v) is 5.64. The first-order valence-electron chi connectivity index (χ1n) is 5.64.